The quantitative estimate of drug-likeness (QED) is 0.771. The maximum Gasteiger partial charge on any atom is 0.111 e. The van der Waals surface area contributed by atoms with Crippen molar-refractivity contribution in [2.24, 2.45) is 0 Å². The number of hydrogen-bond acceptors (Lipinski definition) is 5. The zero-order valence-electron chi connectivity index (χ0n) is 9.94. The number of fused-ring (bicyclic) bond motifs is 1. The first-order valence-corrected chi connectivity index (χ1v) is 6.93. The van der Waals surface area contributed by atoms with Crippen molar-refractivity contribution in [2.75, 3.05) is 12.3 Å². The molecule has 0 saturated carbocycles. The minimum Gasteiger partial charge on any atom is -0.399 e. The van der Waals surface area contributed by atoms with Gasteiger partial charge in [-0.05, 0) is 31.5 Å². The second kappa shape index (κ2) is 4.56. The molecule has 2 aromatic rings. The summed E-state index contributed by atoms with van der Waals surface area (Å²) in [6, 6.07) is 6.11. The molecule has 1 aliphatic rings. The van der Waals surface area contributed by atoms with E-state index in [2.05, 4.69) is 16.4 Å². The number of nitrogens with two attached hydrogens (primary N) is 1. The maximum atomic E-state index is 9.12. The summed E-state index contributed by atoms with van der Waals surface area (Å²) in [5.74, 6) is 0. The van der Waals surface area contributed by atoms with Crippen molar-refractivity contribution in [1.29, 1.82) is 5.26 Å². The summed E-state index contributed by atoms with van der Waals surface area (Å²) < 4.78 is 1.01. The van der Waals surface area contributed by atoms with Crippen LogP contribution >= 0.6 is 11.3 Å². The molecule has 0 amide bonds. The number of benzene rings is 1. The number of rotatable bonds is 1. The van der Waals surface area contributed by atoms with E-state index >= 15 is 0 Å². The highest BCUT2D eigenvalue weighted by Crippen LogP contribution is 2.33. The summed E-state index contributed by atoms with van der Waals surface area (Å²) >= 11 is 1.64. The predicted octanol–water partition coefficient (Wildman–Crippen LogP) is 2.56. The number of hydrogen-bond donors (Lipinski definition) is 2. The van der Waals surface area contributed by atoms with Crippen LogP contribution in [0, 0.1) is 11.3 Å². The zero-order valence-corrected chi connectivity index (χ0v) is 10.8. The molecule has 1 unspecified atom stereocenters. The summed E-state index contributed by atoms with van der Waals surface area (Å²) in [5.41, 5.74) is 7.79. The molecule has 1 aromatic heterocycles. The first kappa shape index (κ1) is 11.5. The summed E-state index contributed by atoms with van der Waals surface area (Å²) in [6.45, 7) is 1.05. The monoisotopic (exact) mass is 258 g/mol. The number of anilines is 1. The molecule has 0 aliphatic carbocycles. The van der Waals surface area contributed by atoms with Crippen LogP contribution in [0.1, 0.15) is 35.9 Å². The SMILES string of the molecule is N#Cc1cc(N)cc2sc(C3CCCCN3)nc12. The minimum atomic E-state index is 0.337. The zero-order chi connectivity index (χ0) is 12.5. The Morgan fingerprint density at radius 2 is 2.33 bits per heavy atom. The topological polar surface area (TPSA) is 74.7 Å². The summed E-state index contributed by atoms with van der Waals surface area (Å²) in [6.07, 6.45) is 3.59. The highest BCUT2D eigenvalue weighted by Gasteiger charge is 2.19. The van der Waals surface area contributed by atoms with Gasteiger partial charge in [0.1, 0.15) is 11.1 Å². The van der Waals surface area contributed by atoms with Crippen molar-refractivity contribution in [3.05, 3.63) is 22.7 Å². The number of nitriles is 1. The fraction of sp³-hybridized carbons (Fsp3) is 0.385. The third kappa shape index (κ3) is 1.94. The normalized spacial score (nSPS) is 19.8. The maximum absolute atomic E-state index is 9.12. The largest absolute Gasteiger partial charge is 0.399 e. The average Bonchev–Trinajstić information content (AvgIpc) is 2.82. The fourth-order valence-electron chi connectivity index (χ4n) is 2.36. The number of nitrogens with zero attached hydrogens (tertiary/aromatic N) is 2. The summed E-state index contributed by atoms with van der Waals surface area (Å²) in [7, 11) is 0. The molecular weight excluding hydrogens is 244 g/mol. The second-order valence-corrected chi connectivity index (χ2v) is 5.64. The molecule has 1 aliphatic heterocycles. The molecule has 18 heavy (non-hydrogen) atoms. The molecule has 1 atom stereocenters. The lowest BCUT2D eigenvalue weighted by molar-refractivity contribution is 0.411. The van der Waals surface area contributed by atoms with Gasteiger partial charge in [0.05, 0.1) is 21.8 Å². The lowest BCUT2D eigenvalue weighted by Crippen LogP contribution is -2.26. The van der Waals surface area contributed by atoms with Gasteiger partial charge >= 0.3 is 0 Å². The average molecular weight is 258 g/mol. The van der Waals surface area contributed by atoms with Crippen molar-refractivity contribution < 1.29 is 0 Å². The van der Waals surface area contributed by atoms with Crippen LogP contribution < -0.4 is 11.1 Å². The van der Waals surface area contributed by atoms with Gasteiger partial charge in [-0.25, -0.2) is 4.98 Å². The first-order chi connectivity index (χ1) is 8.78. The molecular formula is C13H14N4S. The number of thiazole rings is 1. The molecule has 0 spiro atoms. The van der Waals surface area contributed by atoms with Gasteiger partial charge < -0.3 is 11.1 Å². The molecule has 1 saturated heterocycles. The van der Waals surface area contributed by atoms with Crippen LogP contribution in [-0.2, 0) is 0 Å². The lowest BCUT2D eigenvalue weighted by Gasteiger charge is -2.20. The third-order valence-electron chi connectivity index (χ3n) is 3.26. The van der Waals surface area contributed by atoms with E-state index in [1.54, 1.807) is 17.4 Å². The predicted molar refractivity (Wildman–Crippen MR) is 73.3 cm³/mol. The Morgan fingerprint density at radius 3 is 3.06 bits per heavy atom. The minimum absolute atomic E-state index is 0.337. The molecule has 2 heterocycles. The molecule has 1 fully saturated rings. The highest BCUT2D eigenvalue weighted by molar-refractivity contribution is 7.18. The Kier molecular flexibility index (Phi) is 2.90. The van der Waals surface area contributed by atoms with E-state index in [0.29, 0.717) is 17.3 Å². The van der Waals surface area contributed by atoms with Gasteiger partial charge in [0.15, 0.2) is 0 Å². The number of aromatic nitrogens is 1. The van der Waals surface area contributed by atoms with Crippen LogP contribution in [0.25, 0.3) is 10.2 Å². The molecule has 3 rings (SSSR count). The molecule has 1 aromatic carbocycles. The Hall–Kier alpha value is -1.64. The van der Waals surface area contributed by atoms with Crippen LogP contribution in [0.3, 0.4) is 0 Å². The van der Waals surface area contributed by atoms with Gasteiger partial charge in [-0.3, -0.25) is 0 Å². The van der Waals surface area contributed by atoms with Crippen molar-refractivity contribution in [1.82, 2.24) is 10.3 Å². The summed E-state index contributed by atoms with van der Waals surface area (Å²) in [4.78, 5) is 4.63. The van der Waals surface area contributed by atoms with E-state index < -0.39 is 0 Å². The van der Waals surface area contributed by atoms with Crippen LogP contribution in [0.4, 0.5) is 5.69 Å². The van der Waals surface area contributed by atoms with Gasteiger partial charge in [0, 0.05) is 5.69 Å². The Labute approximate surface area is 109 Å². The molecule has 92 valence electrons. The molecule has 3 N–H and O–H groups in total. The van der Waals surface area contributed by atoms with Gasteiger partial charge in [0.25, 0.3) is 0 Å². The van der Waals surface area contributed by atoms with Crippen molar-refractivity contribution >= 4 is 27.2 Å². The van der Waals surface area contributed by atoms with Crippen LogP contribution in [0.15, 0.2) is 12.1 Å². The number of nitrogen functional groups attached to an aromatic ring is 1. The van der Waals surface area contributed by atoms with Gasteiger partial charge in [-0.2, -0.15) is 5.26 Å². The smallest absolute Gasteiger partial charge is 0.111 e. The number of piperidine rings is 1. The van der Waals surface area contributed by atoms with E-state index in [0.717, 1.165) is 28.2 Å². The second-order valence-electron chi connectivity index (χ2n) is 4.58. The Balaban J connectivity index is 2.07. The van der Waals surface area contributed by atoms with Gasteiger partial charge in [-0.1, -0.05) is 6.42 Å². The van der Waals surface area contributed by atoms with Crippen LogP contribution in [0.2, 0.25) is 0 Å². The molecule has 0 radical (unpaired) electrons. The first-order valence-electron chi connectivity index (χ1n) is 6.11. The van der Waals surface area contributed by atoms with E-state index in [1.165, 1.54) is 12.8 Å². The molecule has 5 heteroatoms. The van der Waals surface area contributed by atoms with E-state index in [1.807, 2.05) is 6.07 Å². The summed E-state index contributed by atoms with van der Waals surface area (Å²) in [5, 5.41) is 13.7. The fourth-order valence-corrected chi connectivity index (χ4v) is 3.52. The Morgan fingerprint density at radius 1 is 1.44 bits per heavy atom. The lowest BCUT2D eigenvalue weighted by atomic mass is 10.1. The third-order valence-corrected chi connectivity index (χ3v) is 4.38. The van der Waals surface area contributed by atoms with Crippen molar-refractivity contribution in [3.63, 3.8) is 0 Å². The van der Waals surface area contributed by atoms with Gasteiger partial charge in [0.2, 0.25) is 0 Å². The Bertz CT molecular complexity index is 620. The van der Waals surface area contributed by atoms with Crippen molar-refractivity contribution in [2.45, 2.75) is 25.3 Å². The van der Waals surface area contributed by atoms with E-state index in [4.69, 9.17) is 11.0 Å². The van der Waals surface area contributed by atoms with Crippen molar-refractivity contribution in [3.8, 4) is 6.07 Å². The van der Waals surface area contributed by atoms with Crippen LogP contribution in [-0.4, -0.2) is 11.5 Å². The van der Waals surface area contributed by atoms with Gasteiger partial charge in [-0.15, -0.1) is 11.3 Å². The standard InChI is InChI=1S/C13H14N4S/c14-7-8-5-9(15)6-11-12(8)17-13(18-11)10-3-1-2-4-16-10/h5-6,10,16H,1-4,15H2. The molecule has 4 nitrogen and oxygen atoms in total. The van der Waals surface area contributed by atoms with Crippen LogP contribution in [0.5, 0.6) is 0 Å². The molecule has 0 bridgehead atoms. The highest BCUT2D eigenvalue weighted by atomic mass is 32.1. The van der Waals surface area contributed by atoms with E-state index in [-0.39, 0.29) is 0 Å². The number of nitrogens with one attached hydrogen (secondary N) is 1. The van der Waals surface area contributed by atoms with E-state index in [9.17, 15) is 0 Å².